The number of amides is 1. The van der Waals surface area contributed by atoms with E-state index in [1.54, 1.807) is 18.2 Å². The highest BCUT2D eigenvalue weighted by molar-refractivity contribution is 7.17. The Balaban J connectivity index is 1.84. The average Bonchev–Trinajstić information content (AvgIpc) is 3.22. The third-order valence-electron chi connectivity index (χ3n) is 4.43. The van der Waals surface area contributed by atoms with Crippen LogP contribution in [0.1, 0.15) is 57.3 Å². The number of carbonyl (C=O) groups excluding carboxylic acids is 2. The first-order chi connectivity index (χ1) is 12.7. The summed E-state index contributed by atoms with van der Waals surface area (Å²) in [7, 11) is 1.36. The number of carbonyl (C=O) groups is 2. The summed E-state index contributed by atoms with van der Waals surface area (Å²) >= 11 is 1.47. The van der Waals surface area contributed by atoms with E-state index in [9.17, 15) is 9.59 Å². The van der Waals surface area contributed by atoms with Gasteiger partial charge in [-0.3, -0.25) is 4.79 Å². The van der Waals surface area contributed by atoms with Crippen LogP contribution in [0.2, 0.25) is 0 Å². The average molecular weight is 373 g/mol. The number of rotatable bonds is 7. The van der Waals surface area contributed by atoms with Gasteiger partial charge in [0.1, 0.15) is 10.8 Å². The van der Waals surface area contributed by atoms with Gasteiger partial charge < -0.3 is 14.8 Å². The molecule has 1 aromatic carbocycles. The van der Waals surface area contributed by atoms with Gasteiger partial charge in [0.05, 0.1) is 24.8 Å². The Morgan fingerprint density at radius 3 is 2.81 bits per heavy atom. The minimum absolute atomic E-state index is 0.276. The van der Waals surface area contributed by atoms with Gasteiger partial charge in [0.2, 0.25) is 0 Å². The fourth-order valence-electron chi connectivity index (χ4n) is 3.09. The second-order valence-electron chi connectivity index (χ2n) is 6.21. The van der Waals surface area contributed by atoms with Gasteiger partial charge >= 0.3 is 5.97 Å². The van der Waals surface area contributed by atoms with Crippen LogP contribution in [0.15, 0.2) is 24.3 Å². The number of nitrogens with one attached hydrogen (secondary N) is 1. The van der Waals surface area contributed by atoms with Crippen LogP contribution in [-0.2, 0) is 17.6 Å². The van der Waals surface area contributed by atoms with Crippen molar-refractivity contribution in [1.82, 2.24) is 0 Å². The Bertz CT molecular complexity index is 812. The van der Waals surface area contributed by atoms with Gasteiger partial charge in [-0.05, 0) is 43.4 Å². The molecule has 0 bridgehead atoms. The molecular weight excluding hydrogens is 350 g/mol. The molecule has 1 N–H and O–H groups in total. The standard InChI is InChI=1S/C20H23NO4S/c1-3-4-12-25-15-10-6-5-8-13(15)18(22)21-19-17(20(23)24-2)14-9-7-11-16(14)26-19/h5-6,8,10H,3-4,7,9,11-12H2,1-2H3,(H,21,22). The Morgan fingerprint density at radius 2 is 2.04 bits per heavy atom. The molecule has 0 fully saturated rings. The van der Waals surface area contributed by atoms with Crippen molar-refractivity contribution >= 4 is 28.2 Å². The zero-order valence-electron chi connectivity index (χ0n) is 15.1. The third kappa shape index (κ3) is 3.75. The van der Waals surface area contributed by atoms with E-state index in [4.69, 9.17) is 9.47 Å². The molecule has 1 aliphatic rings. The van der Waals surface area contributed by atoms with Crippen molar-refractivity contribution in [2.75, 3.05) is 19.0 Å². The monoisotopic (exact) mass is 373 g/mol. The number of hydrogen-bond donors (Lipinski definition) is 1. The van der Waals surface area contributed by atoms with E-state index in [-0.39, 0.29) is 5.91 Å². The number of hydrogen-bond acceptors (Lipinski definition) is 5. The number of anilines is 1. The van der Waals surface area contributed by atoms with Crippen LogP contribution in [0.5, 0.6) is 5.75 Å². The SMILES string of the molecule is CCCCOc1ccccc1C(=O)Nc1sc2c(c1C(=O)OC)CCC2. The maximum atomic E-state index is 12.8. The van der Waals surface area contributed by atoms with Gasteiger partial charge in [-0.15, -0.1) is 11.3 Å². The highest BCUT2D eigenvalue weighted by atomic mass is 32.1. The van der Waals surface area contributed by atoms with E-state index in [0.29, 0.717) is 28.5 Å². The molecule has 138 valence electrons. The predicted molar refractivity (Wildman–Crippen MR) is 102 cm³/mol. The molecule has 2 aromatic rings. The fraction of sp³-hybridized carbons (Fsp3) is 0.400. The van der Waals surface area contributed by atoms with Crippen LogP contribution < -0.4 is 10.1 Å². The van der Waals surface area contributed by atoms with E-state index in [1.165, 1.54) is 18.4 Å². The Hall–Kier alpha value is -2.34. The lowest BCUT2D eigenvalue weighted by atomic mass is 10.1. The molecule has 0 unspecified atom stereocenters. The molecule has 1 aromatic heterocycles. The summed E-state index contributed by atoms with van der Waals surface area (Å²) < 4.78 is 10.7. The van der Waals surface area contributed by atoms with E-state index < -0.39 is 5.97 Å². The molecule has 0 spiro atoms. The summed E-state index contributed by atoms with van der Waals surface area (Å²) in [4.78, 5) is 26.2. The van der Waals surface area contributed by atoms with E-state index >= 15 is 0 Å². The molecule has 3 rings (SSSR count). The van der Waals surface area contributed by atoms with Crippen molar-refractivity contribution in [3.05, 3.63) is 45.8 Å². The molecule has 0 saturated heterocycles. The van der Waals surface area contributed by atoms with Crippen LogP contribution in [0, 0.1) is 0 Å². The van der Waals surface area contributed by atoms with E-state index in [0.717, 1.165) is 42.5 Å². The first kappa shape index (κ1) is 18.5. The fourth-order valence-corrected chi connectivity index (χ4v) is 4.36. The molecule has 0 atom stereocenters. The lowest BCUT2D eigenvalue weighted by Gasteiger charge is -2.12. The summed E-state index contributed by atoms with van der Waals surface area (Å²) in [5.74, 6) is -0.114. The van der Waals surface area contributed by atoms with Gasteiger partial charge in [0.15, 0.2) is 0 Å². The largest absolute Gasteiger partial charge is 0.493 e. The molecule has 1 heterocycles. The van der Waals surface area contributed by atoms with Crippen molar-refractivity contribution in [3.8, 4) is 5.75 Å². The van der Waals surface area contributed by atoms with Crippen LogP contribution in [-0.4, -0.2) is 25.6 Å². The van der Waals surface area contributed by atoms with Gasteiger partial charge in [-0.2, -0.15) is 0 Å². The molecule has 0 radical (unpaired) electrons. The minimum Gasteiger partial charge on any atom is -0.493 e. The number of para-hydroxylation sites is 1. The third-order valence-corrected chi connectivity index (χ3v) is 5.63. The quantitative estimate of drug-likeness (QED) is 0.575. The van der Waals surface area contributed by atoms with Gasteiger partial charge in [0, 0.05) is 4.88 Å². The Labute approximate surface area is 157 Å². The van der Waals surface area contributed by atoms with Crippen LogP contribution in [0.3, 0.4) is 0 Å². The van der Waals surface area contributed by atoms with Crippen molar-refractivity contribution in [2.24, 2.45) is 0 Å². The highest BCUT2D eigenvalue weighted by Gasteiger charge is 2.28. The molecule has 26 heavy (non-hydrogen) atoms. The lowest BCUT2D eigenvalue weighted by molar-refractivity contribution is 0.0601. The van der Waals surface area contributed by atoms with Gasteiger partial charge in [-0.1, -0.05) is 25.5 Å². The van der Waals surface area contributed by atoms with E-state index in [1.807, 2.05) is 6.07 Å². The first-order valence-electron chi connectivity index (χ1n) is 8.91. The summed E-state index contributed by atoms with van der Waals surface area (Å²) in [5, 5.41) is 3.47. The molecule has 6 heteroatoms. The van der Waals surface area contributed by atoms with Crippen molar-refractivity contribution < 1.29 is 19.1 Å². The maximum absolute atomic E-state index is 12.8. The second-order valence-corrected chi connectivity index (χ2v) is 7.31. The minimum atomic E-state index is -0.396. The molecule has 1 amide bonds. The number of benzene rings is 1. The molecule has 0 saturated carbocycles. The van der Waals surface area contributed by atoms with Crippen molar-refractivity contribution in [1.29, 1.82) is 0 Å². The zero-order chi connectivity index (χ0) is 18.5. The normalized spacial score (nSPS) is 12.5. The highest BCUT2D eigenvalue weighted by Crippen LogP contribution is 2.39. The predicted octanol–water partition coefficient (Wildman–Crippen LogP) is 4.45. The van der Waals surface area contributed by atoms with Crippen LogP contribution in [0.25, 0.3) is 0 Å². The van der Waals surface area contributed by atoms with Crippen LogP contribution in [0.4, 0.5) is 5.00 Å². The van der Waals surface area contributed by atoms with E-state index in [2.05, 4.69) is 12.2 Å². The number of esters is 1. The first-order valence-corrected chi connectivity index (χ1v) is 9.73. The lowest BCUT2D eigenvalue weighted by Crippen LogP contribution is -2.16. The topological polar surface area (TPSA) is 64.6 Å². The van der Waals surface area contributed by atoms with Gasteiger partial charge in [0.25, 0.3) is 5.91 Å². The summed E-state index contributed by atoms with van der Waals surface area (Å²) in [5.41, 5.74) is 1.99. The smallest absolute Gasteiger partial charge is 0.341 e. The zero-order valence-corrected chi connectivity index (χ0v) is 15.9. The molecule has 5 nitrogen and oxygen atoms in total. The molecule has 0 aliphatic heterocycles. The van der Waals surface area contributed by atoms with Crippen molar-refractivity contribution in [2.45, 2.75) is 39.0 Å². The Kier molecular flexibility index (Phi) is 5.93. The summed E-state index contributed by atoms with van der Waals surface area (Å²) in [6.07, 6.45) is 4.78. The van der Waals surface area contributed by atoms with Crippen molar-refractivity contribution in [3.63, 3.8) is 0 Å². The number of aryl methyl sites for hydroxylation is 1. The number of ether oxygens (including phenoxy) is 2. The molecular formula is C20H23NO4S. The number of methoxy groups -OCH3 is 1. The summed E-state index contributed by atoms with van der Waals surface area (Å²) in [6, 6.07) is 7.17. The molecule has 1 aliphatic carbocycles. The number of unbranched alkanes of at least 4 members (excludes halogenated alkanes) is 1. The second kappa shape index (κ2) is 8.36. The maximum Gasteiger partial charge on any atom is 0.341 e. The number of fused-ring (bicyclic) bond motifs is 1. The Morgan fingerprint density at radius 1 is 1.23 bits per heavy atom. The number of thiophene rings is 1. The van der Waals surface area contributed by atoms with Gasteiger partial charge in [-0.25, -0.2) is 4.79 Å². The summed E-state index contributed by atoms with van der Waals surface area (Å²) in [6.45, 7) is 2.66. The van der Waals surface area contributed by atoms with Crippen LogP contribution >= 0.6 is 11.3 Å².